The summed E-state index contributed by atoms with van der Waals surface area (Å²) in [5.74, 6) is 1.03. The summed E-state index contributed by atoms with van der Waals surface area (Å²) in [4.78, 5) is 16.8. The lowest BCUT2D eigenvalue weighted by atomic mass is 9.99. The predicted octanol–water partition coefficient (Wildman–Crippen LogP) is 2.08. The minimum Gasteiger partial charge on any atom is -0.495 e. The van der Waals surface area contributed by atoms with E-state index < -0.39 is 15.9 Å². The quantitative estimate of drug-likeness (QED) is 0.445. The number of H-pyrrole nitrogens is 1. The van der Waals surface area contributed by atoms with Gasteiger partial charge in [0.1, 0.15) is 16.5 Å². The third-order valence-electron chi connectivity index (χ3n) is 4.71. The second kappa shape index (κ2) is 9.99. The Morgan fingerprint density at radius 3 is 2.97 bits per heavy atom. The Morgan fingerprint density at radius 2 is 2.27 bits per heavy atom. The van der Waals surface area contributed by atoms with Gasteiger partial charge in [0.25, 0.3) is 0 Å². The molecule has 0 spiro atoms. The Bertz CT molecular complexity index is 998. The van der Waals surface area contributed by atoms with Gasteiger partial charge in [-0.25, -0.2) is 13.4 Å². The summed E-state index contributed by atoms with van der Waals surface area (Å²) in [6.45, 7) is 2.74. The minimum atomic E-state index is -3.83. The van der Waals surface area contributed by atoms with E-state index in [0.29, 0.717) is 41.9 Å². The number of carbonyl (C=O) groups excluding carboxylic acids is 1. The summed E-state index contributed by atoms with van der Waals surface area (Å²) in [7, 11) is -2.42. The molecule has 1 aromatic heterocycles. The lowest BCUT2D eigenvalue weighted by Gasteiger charge is -2.31. The maximum absolute atomic E-state index is 13.1. The van der Waals surface area contributed by atoms with Crippen molar-refractivity contribution in [2.75, 3.05) is 32.5 Å². The number of halogens is 1. The van der Waals surface area contributed by atoms with Gasteiger partial charge in [0.05, 0.1) is 13.0 Å². The molecule has 2 heterocycles. The van der Waals surface area contributed by atoms with Crippen molar-refractivity contribution >= 4 is 39.3 Å². The number of carbonyl (C=O) groups is 1. The Morgan fingerprint density at radius 1 is 1.47 bits per heavy atom. The molecule has 1 aliphatic rings. The van der Waals surface area contributed by atoms with E-state index in [4.69, 9.17) is 16.3 Å². The molecule has 2 N–H and O–H groups in total. The van der Waals surface area contributed by atoms with Gasteiger partial charge in [0.15, 0.2) is 0 Å². The number of nitrogens with one attached hydrogen (secondary N) is 2. The number of thioether (sulfide) groups is 1. The molecule has 1 fully saturated rings. The van der Waals surface area contributed by atoms with Gasteiger partial charge < -0.3 is 10.1 Å². The molecule has 2 aromatic rings. The van der Waals surface area contributed by atoms with E-state index in [-0.39, 0.29) is 23.1 Å². The largest absolute Gasteiger partial charge is 0.495 e. The van der Waals surface area contributed by atoms with Gasteiger partial charge in [-0.05, 0) is 38.0 Å². The SMILES string of the molecule is COc1ccc(Cl)cc1S(=O)(=O)N1CCC[C@@H](C(=O)NCCSc2n[nH]c(C)n2)C1. The first-order chi connectivity index (χ1) is 14.3. The van der Waals surface area contributed by atoms with Crippen LogP contribution in [0, 0.1) is 12.8 Å². The lowest BCUT2D eigenvalue weighted by Crippen LogP contribution is -2.45. The maximum atomic E-state index is 13.1. The molecule has 0 saturated carbocycles. The van der Waals surface area contributed by atoms with Crippen LogP contribution in [0.3, 0.4) is 0 Å². The van der Waals surface area contributed by atoms with Crippen molar-refractivity contribution in [1.82, 2.24) is 24.8 Å². The topological polar surface area (TPSA) is 117 Å². The summed E-state index contributed by atoms with van der Waals surface area (Å²) in [6, 6.07) is 4.47. The van der Waals surface area contributed by atoms with E-state index in [2.05, 4.69) is 20.5 Å². The molecule has 0 radical (unpaired) electrons. The molecule has 1 aliphatic heterocycles. The summed E-state index contributed by atoms with van der Waals surface area (Å²) >= 11 is 7.44. The van der Waals surface area contributed by atoms with Crippen LogP contribution in [0.15, 0.2) is 28.3 Å². The van der Waals surface area contributed by atoms with Gasteiger partial charge in [0, 0.05) is 30.4 Å². The smallest absolute Gasteiger partial charge is 0.246 e. The molecule has 1 aromatic carbocycles. The van der Waals surface area contributed by atoms with Crippen LogP contribution in [0.5, 0.6) is 5.75 Å². The highest BCUT2D eigenvalue weighted by Crippen LogP contribution is 2.32. The number of rotatable bonds is 8. The number of methoxy groups -OCH3 is 1. The minimum absolute atomic E-state index is 0.0109. The van der Waals surface area contributed by atoms with Crippen LogP contribution >= 0.6 is 23.4 Å². The molecule has 1 saturated heterocycles. The monoisotopic (exact) mass is 473 g/mol. The summed E-state index contributed by atoms with van der Waals surface area (Å²) in [5.41, 5.74) is 0. The van der Waals surface area contributed by atoms with Crippen LogP contribution in [-0.2, 0) is 14.8 Å². The van der Waals surface area contributed by atoms with E-state index >= 15 is 0 Å². The van der Waals surface area contributed by atoms with E-state index in [1.54, 1.807) is 6.07 Å². The average Bonchev–Trinajstić information content (AvgIpc) is 3.16. The summed E-state index contributed by atoms with van der Waals surface area (Å²) in [5, 5.41) is 10.6. The van der Waals surface area contributed by atoms with Gasteiger partial charge in [-0.2, -0.15) is 4.31 Å². The standard InChI is InChI=1S/C18H24ClN5O4S2/c1-12-21-18(23-22-12)29-9-7-20-17(25)13-4-3-8-24(11-13)30(26,27)16-10-14(19)5-6-15(16)28-2/h5-6,10,13H,3-4,7-9,11H2,1-2H3,(H,20,25)(H,21,22,23)/t13-/m1/s1. The molecule has 1 atom stereocenters. The van der Waals surface area contributed by atoms with Gasteiger partial charge in [0.2, 0.25) is 21.1 Å². The Balaban J connectivity index is 1.59. The molecule has 0 aliphatic carbocycles. The third-order valence-corrected chi connectivity index (χ3v) is 7.68. The van der Waals surface area contributed by atoms with Crippen molar-refractivity contribution in [3.63, 3.8) is 0 Å². The Hall–Kier alpha value is -1.82. The lowest BCUT2D eigenvalue weighted by molar-refractivity contribution is -0.125. The summed E-state index contributed by atoms with van der Waals surface area (Å²) < 4.78 is 32.8. The Kier molecular flexibility index (Phi) is 7.61. The van der Waals surface area contributed by atoms with Gasteiger partial charge in [-0.3, -0.25) is 9.89 Å². The molecule has 12 heteroatoms. The predicted molar refractivity (Wildman–Crippen MR) is 114 cm³/mol. The van der Waals surface area contributed by atoms with Crippen molar-refractivity contribution < 1.29 is 17.9 Å². The normalized spacial score (nSPS) is 17.6. The van der Waals surface area contributed by atoms with Gasteiger partial charge >= 0.3 is 0 Å². The third kappa shape index (κ3) is 5.45. The molecular weight excluding hydrogens is 450 g/mol. The van der Waals surface area contributed by atoms with Crippen molar-refractivity contribution in [3.8, 4) is 5.75 Å². The van der Waals surface area contributed by atoms with Crippen LogP contribution in [0.4, 0.5) is 0 Å². The van der Waals surface area contributed by atoms with Crippen LogP contribution < -0.4 is 10.1 Å². The first-order valence-electron chi connectivity index (χ1n) is 9.44. The van der Waals surface area contributed by atoms with E-state index in [9.17, 15) is 13.2 Å². The average molecular weight is 474 g/mol. The van der Waals surface area contributed by atoms with Crippen molar-refractivity contribution in [2.24, 2.45) is 5.92 Å². The van der Waals surface area contributed by atoms with Crippen molar-refractivity contribution in [3.05, 3.63) is 29.0 Å². The zero-order valence-electron chi connectivity index (χ0n) is 16.7. The number of benzene rings is 1. The first-order valence-corrected chi connectivity index (χ1v) is 12.2. The zero-order chi connectivity index (χ0) is 21.7. The second-order valence-corrected chi connectivity index (χ2v) is 10.2. The number of nitrogens with zero attached hydrogens (tertiary/aromatic N) is 3. The highest BCUT2D eigenvalue weighted by molar-refractivity contribution is 7.99. The zero-order valence-corrected chi connectivity index (χ0v) is 19.1. The number of amides is 1. The fraction of sp³-hybridized carbons (Fsp3) is 0.500. The number of hydrogen-bond donors (Lipinski definition) is 2. The van der Waals surface area contributed by atoms with E-state index in [1.807, 2.05) is 6.92 Å². The number of hydrogen-bond acceptors (Lipinski definition) is 7. The highest BCUT2D eigenvalue weighted by Gasteiger charge is 2.34. The number of piperidine rings is 1. The van der Waals surface area contributed by atoms with Crippen molar-refractivity contribution in [1.29, 1.82) is 0 Å². The fourth-order valence-electron chi connectivity index (χ4n) is 3.21. The second-order valence-electron chi connectivity index (χ2n) is 6.84. The van der Waals surface area contributed by atoms with Crippen LogP contribution in [0.1, 0.15) is 18.7 Å². The number of aryl methyl sites for hydroxylation is 1. The molecule has 3 rings (SSSR count). The number of sulfonamides is 1. The van der Waals surface area contributed by atoms with Crippen LogP contribution in [-0.4, -0.2) is 66.3 Å². The number of aromatic nitrogens is 3. The summed E-state index contributed by atoms with van der Waals surface area (Å²) in [6.07, 6.45) is 1.24. The number of aromatic amines is 1. The molecule has 30 heavy (non-hydrogen) atoms. The van der Waals surface area contributed by atoms with E-state index in [0.717, 1.165) is 5.82 Å². The van der Waals surface area contributed by atoms with Crippen LogP contribution in [0.25, 0.3) is 0 Å². The molecule has 164 valence electrons. The number of ether oxygens (including phenoxy) is 1. The maximum Gasteiger partial charge on any atom is 0.246 e. The highest BCUT2D eigenvalue weighted by atomic mass is 35.5. The fourth-order valence-corrected chi connectivity index (χ4v) is 5.85. The molecular formula is C18H24ClN5O4S2. The van der Waals surface area contributed by atoms with Crippen LogP contribution in [0.2, 0.25) is 5.02 Å². The van der Waals surface area contributed by atoms with E-state index in [1.165, 1.54) is 35.3 Å². The molecule has 1 amide bonds. The van der Waals surface area contributed by atoms with Crippen molar-refractivity contribution in [2.45, 2.75) is 29.8 Å². The first kappa shape index (κ1) is 22.9. The molecule has 9 nitrogen and oxygen atoms in total. The molecule has 0 bridgehead atoms. The Labute approximate surface area is 185 Å². The molecule has 0 unspecified atom stereocenters. The van der Waals surface area contributed by atoms with Gasteiger partial charge in [-0.15, -0.1) is 5.10 Å². The van der Waals surface area contributed by atoms with Gasteiger partial charge in [-0.1, -0.05) is 23.4 Å².